The molecule has 0 unspecified atom stereocenters. The van der Waals surface area contributed by atoms with Crippen molar-refractivity contribution in [2.24, 2.45) is 0 Å². The molecule has 0 radical (unpaired) electrons. The SMILES string of the molecule is COC(=O)c1ccc(CN(CCCO)C2CCC2)c(Br)c1. The molecule has 0 amide bonds. The normalized spacial score (nSPS) is 15.0. The van der Waals surface area contributed by atoms with E-state index in [1.165, 1.54) is 26.4 Å². The molecule has 116 valence electrons. The van der Waals surface area contributed by atoms with E-state index in [0.29, 0.717) is 11.6 Å². The summed E-state index contributed by atoms with van der Waals surface area (Å²) in [4.78, 5) is 14.0. The predicted octanol–water partition coefficient (Wildman–Crippen LogP) is 2.97. The van der Waals surface area contributed by atoms with Crippen LogP contribution in [0.2, 0.25) is 0 Å². The first-order chi connectivity index (χ1) is 10.2. The topological polar surface area (TPSA) is 49.8 Å². The minimum atomic E-state index is -0.321. The van der Waals surface area contributed by atoms with E-state index in [9.17, 15) is 4.79 Å². The molecule has 1 saturated carbocycles. The summed E-state index contributed by atoms with van der Waals surface area (Å²) in [6, 6.07) is 6.22. The molecule has 1 N–H and O–H groups in total. The standard InChI is InChI=1S/C16H22BrNO3/c1-21-16(20)12-6-7-13(15(17)10-12)11-18(8-3-9-19)14-4-2-5-14/h6-7,10,14,19H,2-5,8-9,11H2,1H3. The van der Waals surface area contributed by atoms with Crippen LogP contribution in [0.3, 0.4) is 0 Å². The van der Waals surface area contributed by atoms with E-state index in [0.717, 1.165) is 29.5 Å². The molecule has 5 heteroatoms. The summed E-state index contributed by atoms with van der Waals surface area (Å²) < 4.78 is 5.66. The first kappa shape index (κ1) is 16.5. The molecule has 2 rings (SSSR count). The maximum Gasteiger partial charge on any atom is 0.337 e. The molecule has 0 bridgehead atoms. The molecule has 1 aromatic carbocycles. The summed E-state index contributed by atoms with van der Waals surface area (Å²) in [5, 5.41) is 9.05. The van der Waals surface area contributed by atoms with Crippen LogP contribution in [-0.4, -0.2) is 42.3 Å². The minimum absolute atomic E-state index is 0.228. The number of aliphatic hydroxyl groups excluding tert-OH is 1. The number of hydrogen-bond acceptors (Lipinski definition) is 4. The van der Waals surface area contributed by atoms with Gasteiger partial charge in [-0.05, 0) is 37.0 Å². The average Bonchev–Trinajstić information content (AvgIpc) is 2.43. The first-order valence-corrected chi connectivity index (χ1v) is 8.16. The largest absolute Gasteiger partial charge is 0.465 e. The summed E-state index contributed by atoms with van der Waals surface area (Å²) in [6.07, 6.45) is 4.57. The number of aliphatic hydroxyl groups is 1. The van der Waals surface area contributed by atoms with Crippen LogP contribution in [0, 0.1) is 0 Å². The van der Waals surface area contributed by atoms with Gasteiger partial charge in [0.05, 0.1) is 12.7 Å². The minimum Gasteiger partial charge on any atom is -0.465 e. The Balaban J connectivity index is 2.07. The van der Waals surface area contributed by atoms with Gasteiger partial charge in [0.2, 0.25) is 0 Å². The van der Waals surface area contributed by atoms with Crippen LogP contribution < -0.4 is 0 Å². The van der Waals surface area contributed by atoms with Crippen LogP contribution in [0.4, 0.5) is 0 Å². The number of esters is 1. The van der Waals surface area contributed by atoms with Gasteiger partial charge in [-0.3, -0.25) is 4.90 Å². The maximum absolute atomic E-state index is 11.5. The Kier molecular flexibility index (Phi) is 6.21. The van der Waals surface area contributed by atoms with E-state index in [2.05, 4.69) is 20.8 Å². The molecule has 0 heterocycles. The zero-order valence-corrected chi connectivity index (χ0v) is 13.9. The zero-order valence-electron chi connectivity index (χ0n) is 12.3. The molecule has 4 nitrogen and oxygen atoms in total. The second-order valence-electron chi connectivity index (χ2n) is 5.43. The lowest BCUT2D eigenvalue weighted by molar-refractivity contribution is 0.0600. The van der Waals surface area contributed by atoms with Crippen molar-refractivity contribution in [3.8, 4) is 0 Å². The highest BCUT2D eigenvalue weighted by molar-refractivity contribution is 9.10. The number of ether oxygens (including phenoxy) is 1. The number of methoxy groups -OCH3 is 1. The molecule has 1 aliphatic carbocycles. The molecule has 0 aliphatic heterocycles. The average molecular weight is 356 g/mol. The molecule has 0 aromatic heterocycles. The van der Waals surface area contributed by atoms with Crippen LogP contribution in [0.5, 0.6) is 0 Å². The molecule has 1 aromatic rings. The van der Waals surface area contributed by atoms with Gasteiger partial charge in [0, 0.05) is 30.2 Å². The van der Waals surface area contributed by atoms with Gasteiger partial charge >= 0.3 is 5.97 Å². The summed E-state index contributed by atoms with van der Waals surface area (Å²) in [7, 11) is 1.39. The third-order valence-corrected chi connectivity index (χ3v) is 4.78. The molecule has 0 saturated heterocycles. The molecule has 1 aliphatic rings. The number of nitrogens with zero attached hydrogens (tertiary/aromatic N) is 1. The Hall–Kier alpha value is -0.910. The number of halogens is 1. The van der Waals surface area contributed by atoms with E-state index in [1.54, 1.807) is 6.07 Å². The van der Waals surface area contributed by atoms with Crippen LogP contribution in [0.25, 0.3) is 0 Å². The fourth-order valence-electron chi connectivity index (χ4n) is 2.56. The summed E-state index contributed by atoms with van der Waals surface area (Å²) >= 11 is 3.55. The highest BCUT2D eigenvalue weighted by Gasteiger charge is 2.25. The lowest BCUT2D eigenvalue weighted by Crippen LogP contribution is -2.40. The van der Waals surface area contributed by atoms with E-state index in [1.807, 2.05) is 12.1 Å². The Morgan fingerprint density at radius 2 is 2.24 bits per heavy atom. The van der Waals surface area contributed by atoms with Gasteiger partial charge in [0.1, 0.15) is 0 Å². The van der Waals surface area contributed by atoms with Crippen LogP contribution >= 0.6 is 15.9 Å². The van der Waals surface area contributed by atoms with Gasteiger partial charge < -0.3 is 9.84 Å². The molecular weight excluding hydrogens is 334 g/mol. The highest BCUT2D eigenvalue weighted by Crippen LogP contribution is 2.28. The lowest BCUT2D eigenvalue weighted by atomic mass is 9.91. The molecule has 1 fully saturated rings. The van der Waals surface area contributed by atoms with Crippen molar-refractivity contribution in [2.45, 2.75) is 38.3 Å². The highest BCUT2D eigenvalue weighted by atomic mass is 79.9. The Bertz CT molecular complexity index is 488. The lowest BCUT2D eigenvalue weighted by Gasteiger charge is -2.37. The van der Waals surface area contributed by atoms with Crippen molar-refractivity contribution in [3.63, 3.8) is 0 Å². The van der Waals surface area contributed by atoms with Crippen LogP contribution in [0.1, 0.15) is 41.6 Å². The Morgan fingerprint density at radius 1 is 1.48 bits per heavy atom. The van der Waals surface area contributed by atoms with Gasteiger partial charge in [0.25, 0.3) is 0 Å². The number of rotatable bonds is 7. The molecular formula is C16H22BrNO3. The summed E-state index contributed by atoms with van der Waals surface area (Å²) in [5.41, 5.74) is 1.71. The van der Waals surface area contributed by atoms with E-state index in [-0.39, 0.29) is 12.6 Å². The number of carbonyl (C=O) groups is 1. The second-order valence-corrected chi connectivity index (χ2v) is 6.28. The number of hydrogen-bond donors (Lipinski definition) is 1. The van der Waals surface area contributed by atoms with E-state index in [4.69, 9.17) is 9.84 Å². The predicted molar refractivity (Wildman–Crippen MR) is 85.2 cm³/mol. The van der Waals surface area contributed by atoms with Gasteiger partial charge in [0.15, 0.2) is 0 Å². The fourth-order valence-corrected chi connectivity index (χ4v) is 3.06. The van der Waals surface area contributed by atoms with Gasteiger partial charge in [-0.2, -0.15) is 0 Å². The van der Waals surface area contributed by atoms with Crippen molar-refractivity contribution in [3.05, 3.63) is 33.8 Å². The fraction of sp³-hybridized carbons (Fsp3) is 0.562. The second kappa shape index (κ2) is 7.92. The van der Waals surface area contributed by atoms with Crippen molar-refractivity contribution < 1.29 is 14.6 Å². The van der Waals surface area contributed by atoms with Crippen molar-refractivity contribution >= 4 is 21.9 Å². The molecule has 0 spiro atoms. The van der Waals surface area contributed by atoms with Gasteiger partial charge in [-0.15, -0.1) is 0 Å². The van der Waals surface area contributed by atoms with Crippen LogP contribution in [-0.2, 0) is 11.3 Å². The molecule has 0 atom stereocenters. The third-order valence-electron chi connectivity index (χ3n) is 4.04. The van der Waals surface area contributed by atoms with E-state index >= 15 is 0 Å². The van der Waals surface area contributed by atoms with Crippen molar-refractivity contribution in [1.29, 1.82) is 0 Å². The van der Waals surface area contributed by atoms with Gasteiger partial charge in [-0.25, -0.2) is 4.79 Å². The first-order valence-electron chi connectivity index (χ1n) is 7.37. The number of carbonyl (C=O) groups excluding carboxylic acids is 1. The smallest absolute Gasteiger partial charge is 0.337 e. The van der Waals surface area contributed by atoms with Crippen molar-refractivity contribution in [2.75, 3.05) is 20.3 Å². The zero-order chi connectivity index (χ0) is 15.2. The Morgan fingerprint density at radius 3 is 2.76 bits per heavy atom. The molecule has 21 heavy (non-hydrogen) atoms. The van der Waals surface area contributed by atoms with Crippen LogP contribution in [0.15, 0.2) is 22.7 Å². The Labute approximate surface area is 134 Å². The van der Waals surface area contributed by atoms with E-state index < -0.39 is 0 Å². The number of benzene rings is 1. The quantitative estimate of drug-likeness (QED) is 0.764. The third kappa shape index (κ3) is 4.28. The summed E-state index contributed by atoms with van der Waals surface area (Å²) in [6.45, 7) is 1.98. The maximum atomic E-state index is 11.5. The summed E-state index contributed by atoms with van der Waals surface area (Å²) in [5.74, 6) is -0.321. The van der Waals surface area contributed by atoms with Gasteiger partial charge in [-0.1, -0.05) is 28.4 Å². The monoisotopic (exact) mass is 355 g/mol. The van der Waals surface area contributed by atoms with Crippen molar-refractivity contribution in [1.82, 2.24) is 4.90 Å².